The van der Waals surface area contributed by atoms with E-state index in [9.17, 15) is 8.42 Å². The van der Waals surface area contributed by atoms with Crippen LogP contribution in [0.3, 0.4) is 0 Å². The maximum absolute atomic E-state index is 11.6. The van der Waals surface area contributed by atoms with Gasteiger partial charge in [0.15, 0.2) is 0 Å². The molecule has 0 aromatic carbocycles. The van der Waals surface area contributed by atoms with Gasteiger partial charge in [0.1, 0.15) is 0 Å². The second kappa shape index (κ2) is 4.79. The van der Waals surface area contributed by atoms with Crippen LogP contribution in [0.1, 0.15) is 13.8 Å². The lowest BCUT2D eigenvalue weighted by Crippen LogP contribution is -2.50. The van der Waals surface area contributed by atoms with Crippen LogP contribution < -0.4 is 0 Å². The molecule has 14 heavy (non-hydrogen) atoms. The third kappa shape index (κ3) is 2.82. The minimum atomic E-state index is -3.10. The first-order chi connectivity index (χ1) is 6.49. The zero-order valence-corrected chi connectivity index (χ0v) is 10.0. The Morgan fingerprint density at radius 2 is 2.14 bits per heavy atom. The van der Waals surface area contributed by atoms with Crippen molar-refractivity contribution >= 4 is 21.6 Å². The molecule has 1 fully saturated rings. The van der Waals surface area contributed by atoms with Crippen molar-refractivity contribution in [3.63, 3.8) is 0 Å². The Labute approximate surface area is 90.2 Å². The lowest BCUT2D eigenvalue weighted by atomic mass is 10.3. The second-order valence-corrected chi connectivity index (χ2v) is 6.01. The number of hydrogen-bond donors (Lipinski definition) is 0. The Kier molecular flexibility index (Phi) is 4.18. The highest BCUT2D eigenvalue weighted by Crippen LogP contribution is 2.15. The zero-order valence-electron chi connectivity index (χ0n) is 8.44. The van der Waals surface area contributed by atoms with Gasteiger partial charge in [-0.3, -0.25) is 0 Å². The summed E-state index contributed by atoms with van der Waals surface area (Å²) >= 11 is 5.66. The van der Waals surface area contributed by atoms with E-state index < -0.39 is 10.0 Å². The first-order valence-corrected chi connectivity index (χ1v) is 6.83. The predicted molar refractivity (Wildman–Crippen MR) is 56.1 cm³/mol. The van der Waals surface area contributed by atoms with Gasteiger partial charge in [0.25, 0.3) is 0 Å². The molecule has 0 saturated carbocycles. The number of sulfonamides is 1. The van der Waals surface area contributed by atoms with Gasteiger partial charge in [0.05, 0.1) is 18.0 Å². The highest BCUT2D eigenvalue weighted by molar-refractivity contribution is 7.89. The Bertz CT molecular complexity index is 280. The van der Waals surface area contributed by atoms with Gasteiger partial charge in [-0.25, -0.2) is 8.42 Å². The highest BCUT2D eigenvalue weighted by atomic mass is 35.5. The molecule has 0 aliphatic carbocycles. The third-order valence-electron chi connectivity index (χ3n) is 2.22. The van der Waals surface area contributed by atoms with Gasteiger partial charge in [0, 0.05) is 19.0 Å². The maximum atomic E-state index is 11.6. The van der Waals surface area contributed by atoms with Crippen molar-refractivity contribution in [3.8, 4) is 0 Å². The molecule has 1 heterocycles. The quantitative estimate of drug-likeness (QED) is 0.683. The summed E-state index contributed by atoms with van der Waals surface area (Å²) < 4.78 is 30.1. The fraction of sp³-hybridized carbons (Fsp3) is 1.00. The minimum Gasteiger partial charge on any atom is -0.371 e. The molecule has 1 saturated heterocycles. The van der Waals surface area contributed by atoms with E-state index in [1.54, 1.807) is 6.92 Å². The van der Waals surface area contributed by atoms with E-state index in [1.807, 2.05) is 6.92 Å². The molecule has 0 spiro atoms. The monoisotopic (exact) mass is 241 g/mol. The fourth-order valence-corrected chi connectivity index (χ4v) is 2.86. The number of ether oxygens (including phenoxy) is 1. The fourth-order valence-electron chi connectivity index (χ4n) is 1.50. The van der Waals surface area contributed by atoms with E-state index in [1.165, 1.54) is 4.31 Å². The van der Waals surface area contributed by atoms with Crippen molar-refractivity contribution in [2.75, 3.05) is 24.7 Å². The van der Waals surface area contributed by atoms with Crippen LogP contribution in [0.25, 0.3) is 0 Å². The average Bonchev–Trinajstić information content (AvgIpc) is 2.16. The maximum Gasteiger partial charge on any atom is 0.214 e. The number of morpholine rings is 1. The smallest absolute Gasteiger partial charge is 0.214 e. The summed E-state index contributed by atoms with van der Waals surface area (Å²) in [5.41, 5.74) is 0. The Morgan fingerprint density at radius 3 is 2.64 bits per heavy atom. The van der Waals surface area contributed by atoms with E-state index >= 15 is 0 Å². The summed E-state index contributed by atoms with van der Waals surface area (Å²) in [7, 11) is -3.10. The molecule has 2 unspecified atom stereocenters. The number of halogens is 1. The molecule has 2 atom stereocenters. The molecule has 0 aromatic heterocycles. The summed E-state index contributed by atoms with van der Waals surface area (Å²) in [5, 5.41) is 0. The summed E-state index contributed by atoms with van der Waals surface area (Å²) in [4.78, 5) is 0. The van der Waals surface area contributed by atoms with Crippen molar-refractivity contribution in [2.24, 2.45) is 0 Å². The largest absolute Gasteiger partial charge is 0.371 e. The van der Waals surface area contributed by atoms with E-state index in [0.717, 1.165) is 0 Å². The molecule has 0 aromatic rings. The van der Waals surface area contributed by atoms with Gasteiger partial charge in [-0.1, -0.05) is 0 Å². The third-order valence-corrected chi connectivity index (χ3v) is 4.38. The Hall–Kier alpha value is 0.160. The molecule has 1 aliphatic heterocycles. The van der Waals surface area contributed by atoms with Crippen LogP contribution in [0, 0.1) is 0 Å². The van der Waals surface area contributed by atoms with Crippen molar-refractivity contribution in [3.05, 3.63) is 0 Å². The standard InChI is InChI=1S/C8H16ClNO3S/c1-3-14(11,12)10-5-7(2)13-8(4-9)6-10/h7-8H,3-6H2,1-2H3. The van der Waals surface area contributed by atoms with Crippen LogP contribution in [0.15, 0.2) is 0 Å². The van der Waals surface area contributed by atoms with Crippen LogP contribution in [0.4, 0.5) is 0 Å². The minimum absolute atomic E-state index is 0.0752. The lowest BCUT2D eigenvalue weighted by molar-refractivity contribution is -0.0422. The highest BCUT2D eigenvalue weighted by Gasteiger charge is 2.31. The Balaban J connectivity index is 2.71. The SMILES string of the molecule is CCS(=O)(=O)N1CC(C)OC(CCl)C1. The lowest BCUT2D eigenvalue weighted by Gasteiger charge is -2.34. The molecule has 6 heteroatoms. The summed E-state index contributed by atoms with van der Waals surface area (Å²) in [6.45, 7) is 4.32. The molecule has 0 N–H and O–H groups in total. The number of alkyl halides is 1. The Morgan fingerprint density at radius 1 is 1.50 bits per heavy atom. The molecular weight excluding hydrogens is 226 g/mol. The van der Waals surface area contributed by atoms with Crippen molar-refractivity contribution in [2.45, 2.75) is 26.1 Å². The molecule has 1 rings (SSSR count). The predicted octanol–water partition coefficient (Wildman–Crippen LogP) is 0.664. The first kappa shape index (κ1) is 12.2. The van der Waals surface area contributed by atoms with Crippen LogP contribution in [0.2, 0.25) is 0 Å². The molecule has 0 bridgehead atoms. The average molecular weight is 242 g/mol. The van der Waals surface area contributed by atoms with Gasteiger partial charge < -0.3 is 4.74 Å². The first-order valence-electron chi connectivity index (χ1n) is 4.68. The normalized spacial score (nSPS) is 30.5. The van der Waals surface area contributed by atoms with Crippen LogP contribution in [-0.2, 0) is 14.8 Å². The molecule has 84 valence electrons. The second-order valence-electron chi connectivity index (χ2n) is 3.44. The van der Waals surface area contributed by atoms with E-state index in [2.05, 4.69) is 0 Å². The summed E-state index contributed by atoms with van der Waals surface area (Å²) in [5.74, 6) is 0.467. The van der Waals surface area contributed by atoms with Crippen molar-refractivity contribution in [1.29, 1.82) is 0 Å². The van der Waals surface area contributed by atoms with Gasteiger partial charge in [-0.2, -0.15) is 4.31 Å². The van der Waals surface area contributed by atoms with E-state index in [-0.39, 0.29) is 18.0 Å². The van der Waals surface area contributed by atoms with Crippen LogP contribution in [0.5, 0.6) is 0 Å². The molecule has 4 nitrogen and oxygen atoms in total. The molecule has 0 radical (unpaired) electrons. The van der Waals surface area contributed by atoms with Gasteiger partial charge in [-0.05, 0) is 13.8 Å². The number of hydrogen-bond acceptors (Lipinski definition) is 3. The van der Waals surface area contributed by atoms with E-state index in [0.29, 0.717) is 19.0 Å². The van der Waals surface area contributed by atoms with Gasteiger partial charge in [-0.15, -0.1) is 11.6 Å². The summed E-state index contributed by atoms with van der Waals surface area (Å²) in [6, 6.07) is 0. The number of nitrogens with zero attached hydrogens (tertiary/aromatic N) is 1. The topological polar surface area (TPSA) is 46.6 Å². The van der Waals surface area contributed by atoms with Crippen LogP contribution >= 0.6 is 11.6 Å². The molecular formula is C8H16ClNO3S. The molecule has 1 aliphatic rings. The zero-order chi connectivity index (χ0) is 10.8. The molecule has 0 amide bonds. The summed E-state index contributed by atoms with van der Waals surface area (Å²) in [6.07, 6.45) is -0.254. The van der Waals surface area contributed by atoms with E-state index in [4.69, 9.17) is 16.3 Å². The van der Waals surface area contributed by atoms with Gasteiger partial charge in [0.2, 0.25) is 10.0 Å². The van der Waals surface area contributed by atoms with Crippen molar-refractivity contribution in [1.82, 2.24) is 4.31 Å². The van der Waals surface area contributed by atoms with Gasteiger partial charge >= 0.3 is 0 Å². The number of rotatable bonds is 3. The van der Waals surface area contributed by atoms with Crippen LogP contribution in [-0.4, -0.2) is 49.7 Å². The van der Waals surface area contributed by atoms with Crippen molar-refractivity contribution < 1.29 is 13.2 Å².